The minimum atomic E-state index is 0.399. The van der Waals surface area contributed by atoms with Gasteiger partial charge in [0, 0.05) is 7.11 Å². The van der Waals surface area contributed by atoms with E-state index in [1.165, 1.54) is 64.2 Å². The predicted molar refractivity (Wildman–Crippen MR) is 133 cm³/mol. The first-order chi connectivity index (χ1) is 14.7. The number of rotatable bonds is 7. The molecule has 1 heteroatoms. The van der Waals surface area contributed by atoms with Crippen molar-refractivity contribution < 1.29 is 4.74 Å². The van der Waals surface area contributed by atoms with Crippen LogP contribution < -0.4 is 0 Å². The Balaban J connectivity index is 1.51. The lowest BCUT2D eigenvalue weighted by molar-refractivity contribution is 0.00251. The number of fused-ring (bicyclic) bond motifs is 5. The van der Waals surface area contributed by atoms with E-state index in [2.05, 4.69) is 53.7 Å². The molecule has 3 unspecified atom stereocenters. The maximum Gasteiger partial charge on any atom is 0.0574 e. The standard InChI is InChI=1S/C30H50O/c1-8-22(20(2)3)10-9-21(4)26-13-14-27-25-12-11-23-19-24(31-7)15-17-29(23,5)28(25)16-18-30(26,27)6/h12,16,20-24,26-27H,8-11,13-15,17-19H2,1-7H3/t21-,22?,23?,24+,26-,27?,29+,30-/m1/s1. The van der Waals surface area contributed by atoms with E-state index >= 15 is 0 Å². The molecule has 4 aliphatic rings. The molecule has 0 heterocycles. The van der Waals surface area contributed by atoms with Gasteiger partial charge in [0.1, 0.15) is 0 Å². The van der Waals surface area contributed by atoms with Crippen LogP contribution in [0.3, 0.4) is 0 Å². The fourth-order valence-corrected chi connectivity index (χ4v) is 8.69. The Morgan fingerprint density at radius 1 is 1.06 bits per heavy atom. The Kier molecular flexibility index (Phi) is 6.85. The molecule has 4 rings (SSSR count). The van der Waals surface area contributed by atoms with Gasteiger partial charge < -0.3 is 4.74 Å². The van der Waals surface area contributed by atoms with Crippen LogP contribution in [0.15, 0.2) is 23.3 Å². The maximum absolute atomic E-state index is 5.77. The van der Waals surface area contributed by atoms with Crippen molar-refractivity contribution in [1.82, 2.24) is 0 Å². The van der Waals surface area contributed by atoms with Crippen molar-refractivity contribution in [2.24, 2.45) is 46.3 Å². The second kappa shape index (κ2) is 9.00. The molecule has 4 aliphatic carbocycles. The molecule has 0 amide bonds. The Morgan fingerprint density at radius 3 is 2.52 bits per heavy atom. The Morgan fingerprint density at radius 2 is 1.84 bits per heavy atom. The van der Waals surface area contributed by atoms with Crippen LogP contribution in [0.25, 0.3) is 0 Å². The highest BCUT2D eigenvalue weighted by Gasteiger charge is 2.55. The van der Waals surface area contributed by atoms with Crippen LogP contribution in [0.1, 0.15) is 106 Å². The van der Waals surface area contributed by atoms with Crippen molar-refractivity contribution in [3.8, 4) is 0 Å². The molecule has 0 bridgehead atoms. The zero-order valence-corrected chi connectivity index (χ0v) is 21.7. The first-order valence-electron chi connectivity index (χ1n) is 13.7. The zero-order chi connectivity index (χ0) is 22.4. The third-order valence-corrected chi connectivity index (χ3v) is 11.0. The van der Waals surface area contributed by atoms with Crippen LogP contribution in [0.4, 0.5) is 0 Å². The molecule has 1 nitrogen and oxygen atoms in total. The van der Waals surface area contributed by atoms with E-state index in [9.17, 15) is 0 Å². The zero-order valence-electron chi connectivity index (χ0n) is 21.7. The molecule has 0 radical (unpaired) electrons. The average Bonchev–Trinajstić information content (AvgIpc) is 3.10. The van der Waals surface area contributed by atoms with Gasteiger partial charge >= 0.3 is 0 Å². The third-order valence-electron chi connectivity index (χ3n) is 11.0. The second-order valence-electron chi connectivity index (χ2n) is 12.7. The molecule has 0 N–H and O–H groups in total. The van der Waals surface area contributed by atoms with Gasteiger partial charge in [0.25, 0.3) is 0 Å². The monoisotopic (exact) mass is 426 g/mol. The van der Waals surface area contributed by atoms with E-state index in [1.807, 2.05) is 7.11 Å². The summed E-state index contributed by atoms with van der Waals surface area (Å²) in [6, 6.07) is 0. The molecule has 8 atom stereocenters. The lowest BCUT2D eigenvalue weighted by Gasteiger charge is -2.54. The van der Waals surface area contributed by atoms with Crippen LogP contribution in [0.5, 0.6) is 0 Å². The number of methoxy groups -OCH3 is 1. The molecule has 0 spiro atoms. The van der Waals surface area contributed by atoms with Crippen molar-refractivity contribution in [3.63, 3.8) is 0 Å². The van der Waals surface area contributed by atoms with E-state index in [1.54, 1.807) is 11.1 Å². The van der Waals surface area contributed by atoms with Crippen LogP contribution in [-0.2, 0) is 4.74 Å². The maximum atomic E-state index is 5.77. The van der Waals surface area contributed by atoms with Crippen molar-refractivity contribution >= 4 is 0 Å². The van der Waals surface area contributed by atoms with E-state index in [0.29, 0.717) is 16.9 Å². The molecule has 31 heavy (non-hydrogen) atoms. The predicted octanol–water partition coefficient (Wildman–Crippen LogP) is 8.60. The molecule has 0 aromatic carbocycles. The summed E-state index contributed by atoms with van der Waals surface area (Å²) in [5.74, 6) is 5.09. The molecule has 0 aromatic heterocycles. The minimum absolute atomic E-state index is 0.399. The fraction of sp³-hybridized carbons (Fsp3) is 0.867. The van der Waals surface area contributed by atoms with E-state index in [-0.39, 0.29) is 0 Å². The van der Waals surface area contributed by atoms with Gasteiger partial charge in [-0.1, -0.05) is 66.5 Å². The first kappa shape index (κ1) is 23.6. The van der Waals surface area contributed by atoms with Gasteiger partial charge in [-0.15, -0.1) is 0 Å². The van der Waals surface area contributed by atoms with Gasteiger partial charge in [-0.25, -0.2) is 0 Å². The highest BCUT2D eigenvalue weighted by atomic mass is 16.5. The average molecular weight is 427 g/mol. The number of hydrogen-bond donors (Lipinski definition) is 0. The summed E-state index contributed by atoms with van der Waals surface area (Å²) in [6.07, 6.45) is 19.4. The lowest BCUT2D eigenvalue weighted by Crippen LogP contribution is -2.45. The van der Waals surface area contributed by atoms with Gasteiger partial charge in [0.15, 0.2) is 0 Å². The molecule has 0 aliphatic heterocycles. The normalized spacial score (nSPS) is 41.7. The van der Waals surface area contributed by atoms with Gasteiger partial charge in [0.2, 0.25) is 0 Å². The van der Waals surface area contributed by atoms with E-state index in [4.69, 9.17) is 4.74 Å². The molecular weight excluding hydrogens is 376 g/mol. The summed E-state index contributed by atoms with van der Waals surface area (Å²) in [7, 11) is 1.91. The molecule has 2 fully saturated rings. The topological polar surface area (TPSA) is 9.23 Å². The quantitative estimate of drug-likeness (QED) is 0.396. The van der Waals surface area contributed by atoms with Crippen molar-refractivity contribution in [1.29, 1.82) is 0 Å². The van der Waals surface area contributed by atoms with Crippen molar-refractivity contribution in [3.05, 3.63) is 23.3 Å². The highest BCUT2D eigenvalue weighted by Crippen LogP contribution is 2.65. The summed E-state index contributed by atoms with van der Waals surface area (Å²) in [4.78, 5) is 0. The Bertz CT molecular complexity index is 701. The van der Waals surface area contributed by atoms with Crippen LogP contribution in [-0.4, -0.2) is 13.2 Å². The van der Waals surface area contributed by atoms with E-state index < -0.39 is 0 Å². The molecule has 0 saturated heterocycles. The van der Waals surface area contributed by atoms with E-state index in [0.717, 1.165) is 35.5 Å². The smallest absolute Gasteiger partial charge is 0.0574 e. The molecule has 176 valence electrons. The van der Waals surface area contributed by atoms with Gasteiger partial charge in [-0.05, 0) is 109 Å². The number of hydrogen-bond acceptors (Lipinski definition) is 1. The van der Waals surface area contributed by atoms with Crippen molar-refractivity contribution in [2.45, 2.75) is 112 Å². The molecule has 0 aromatic rings. The molecular formula is C30H50O. The third kappa shape index (κ3) is 4.00. The van der Waals surface area contributed by atoms with Gasteiger partial charge in [-0.3, -0.25) is 0 Å². The SMILES string of the molecule is CCC(CC[C@@H](C)[C@H]1CCC2C3=CCC4C[C@@H](OC)CC[C@]4(C)C3=CC[C@@]21C)C(C)C. The summed E-state index contributed by atoms with van der Waals surface area (Å²) in [6.45, 7) is 15.1. The van der Waals surface area contributed by atoms with Crippen molar-refractivity contribution in [2.75, 3.05) is 7.11 Å². The van der Waals surface area contributed by atoms with Crippen LogP contribution >= 0.6 is 0 Å². The van der Waals surface area contributed by atoms with Crippen LogP contribution in [0, 0.1) is 46.3 Å². The summed E-state index contributed by atoms with van der Waals surface area (Å²) in [5.41, 5.74) is 4.43. The van der Waals surface area contributed by atoms with Gasteiger partial charge in [-0.2, -0.15) is 0 Å². The summed E-state index contributed by atoms with van der Waals surface area (Å²) >= 11 is 0. The second-order valence-corrected chi connectivity index (χ2v) is 12.7. The summed E-state index contributed by atoms with van der Waals surface area (Å²) in [5, 5.41) is 0. The first-order valence-corrected chi connectivity index (χ1v) is 13.7. The fourth-order valence-electron chi connectivity index (χ4n) is 8.69. The Labute approximate surface area is 193 Å². The Hall–Kier alpha value is -0.560. The largest absolute Gasteiger partial charge is 0.381 e. The minimum Gasteiger partial charge on any atom is -0.381 e. The number of allylic oxidation sites excluding steroid dienone is 4. The molecule has 2 saturated carbocycles. The van der Waals surface area contributed by atoms with Crippen LogP contribution in [0.2, 0.25) is 0 Å². The number of ether oxygens (including phenoxy) is 1. The lowest BCUT2D eigenvalue weighted by atomic mass is 9.51. The highest BCUT2D eigenvalue weighted by molar-refractivity contribution is 5.46. The van der Waals surface area contributed by atoms with Gasteiger partial charge in [0.05, 0.1) is 6.10 Å². The summed E-state index contributed by atoms with van der Waals surface area (Å²) < 4.78 is 5.77.